The van der Waals surface area contributed by atoms with E-state index in [0.717, 1.165) is 22.6 Å². The molecule has 0 fully saturated rings. The quantitative estimate of drug-likeness (QED) is 0.732. The first-order chi connectivity index (χ1) is 7.70. The van der Waals surface area contributed by atoms with Gasteiger partial charge < -0.3 is 14.2 Å². The normalized spacial score (nSPS) is 12.6. The van der Waals surface area contributed by atoms with Gasteiger partial charge in [-0.2, -0.15) is 0 Å². The monoisotopic (exact) mass is 222 g/mol. The summed E-state index contributed by atoms with van der Waals surface area (Å²) in [4.78, 5) is 11.1. The van der Waals surface area contributed by atoms with E-state index in [1.165, 1.54) is 7.11 Å². The predicted molar refractivity (Wildman–Crippen MR) is 57.6 cm³/mol. The minimum atomic E-state index is -0.197. The van der Waals surface area contributed by atoms with E-state index in [2.05, 4.69) is 4.74 Å². The fraction of sp³-hybridized carbons (Fsp3) is 0.417. The molecule has 1 aromatic carbocycles. The third kappa shape index (κ3) is 2.10. The highest BCUT2D eigenvalue weighted by atomic mass is 16.7. The van der Waals surface area contributed by atoms with Crippen molar-refractivity contribution < 1.29 is 19.0 Å². The summed E-state index contributed by atoms with van der Waals surface area (Å²) in [6.07, 6.45) is 1.05. The summed E-state index contributed by atoms with van der Waals surface area (Å²) in [6.45, 7) is 2.27. The molecule has 0 amide bonds. The van der Waals surface area contributed by atoms with E-state index in [4.69, 9.17) is 9.47 Å². The molecule has 0 spiro atoms. The fourth-order valence-electron chi connectivity index (χ4n) is 1.69. The largest absolute Gasteiger partial charge is 0.469 e. The predicted octanol–water partition coefficient (Wildman–Crippen LogP) is 1.83. The highest BCUT2D eigenvalue weighted by Gasteiger charge is 2.15. The molecule has 1 heterocycles. The van der Waals surface area contributed by atoms with Gasteiger partial charge in [0.05, 0.1) is 7.11 Å². The van der Waals surface area contributed by atoms with E-state index >= 15 is 0 Å². The van der Waals surface area contributed by atoms with Gasteiger partial charge in [-0.05, 0) is 36.6 Å². The maximum atomic E-state index is 11.1. The van der Waals surface area contributed by atoms with Crippen molar-refractivity contribution in [3.8, 4) is 11.5 Å². The zero-order valence-corrected chi connectivity index (χ0v) is 9.41. The van der Waals surface area contributed by atoms with Crippen molar-refractivity contribution in [2.75, 3.05) is 13.9 Å². The summed E-state index contributed by atoms with van der Waals surface area (Å²) in [5.74, 6) is 1.34. The summed E-state index contributed by atoms with van der Waals surface area (Å²) in [6, 6.07) is 3.87. The van der Waals surface area contributed by atoms with E-state index in [1.54, 1.807) is 0 Å². The highest BCUT2D eigenvalue weighted by molar-refractivity contribution is 5.69. The molecule has 0 unspecified atom stereocenters. The smallest absolute Gasteiger partial charge is 0.305 e. The van der Waals surface area contributed by atoms with Gasteiger partial charge in [0.2, 0.25) is 6.79 Å². The molecule has 0 saturated heterocycles. The number of fused-ring (bicyclic) bond motifs is 1. The minimum Gasteiger partial charge on any atom is -0.469 e. The van der Waals surface area contributed by atoms with Crippen LogP contribution in [0.25, 0.3) is 0 Å². The van der Waals surface area contributed by atoms with Crippen LogP contribution >= 0.6 is 0 Å². The molecule has 0 radical (unpaired) electrons. The van der Waals surface area contributed by atoms with Crippen LogP contribution in [-0.2, 0) is 16.0 Å². The fourth-order valence-corrected chi connectivity index (χ4v) is 1.69. The number of carbonyl (C=O) groups is 1. The van der Waals surface area contributed by atoms with Gasteiger partial charge in [0, 0.05) is 6.42 Å². The summed E-state index contributed by atoms with van der Waals surface area (Å²) in [7, 11) is 1.40. The molecule has 2 rings (SSSR count). The summed E-state index contributed by atoms with van der Waals surface area (Å²) < 4.78 is 15.2. The zero-order chi connectivity index (χ0) is 11.5. The first kappa shape index (κ1) is 10.8. The Morgan fingerprint density at radius 1 is 1.38 bits per heavy atom. The molecule has 0 aliphatic carbocycles. The van der Waals surface area contributed by atoms with Crippen molar-refractivity contribution in [3.63, 3.8) is 0 Å². The molecule has 0 saturated carbocycles. The molecule has 1 aliphatic heterocycles. The minimum absolute atomic E-state index is 0.197. The lowest BCUT2D eigenvalue weighted by Crippen LogP contribution is -2.02. The maximum Gasteiger partial charge on any atom is 0.305 e. The average Bonchev–Trinajstić information content (AvgIpc) is 2.72. The Morgan fingerprint density at radius 3 is 2.75 bits per heavy atom. The number of rotatable bonds is 3. The van der Waals surface area contributed by atoms with Gasteiger partial charge >= 0.3 is 5.97 Å². The van der Waals surface area contributed by atoms with Gasteiger partial charge in [0.15, 0.2) is 11.5 Å². The van der Waals surface area contributed by atoms with Gasteiger partial charge in [-0.15, -0.1) is 0 Å². The van der Waals surface area contributed by atoms with Crippen molar-refractivity contribution in [1.29, 1.82) is 0 Å². The van der Waals surface area contributed by atoms with Gasteiger partial charge in [-0.3, -0.25) is 4.79 Å². The number of aryl methyl sites for hydroxylation is 2. The topological polar surface area (TPSA) is 44.8 Å². The van der Waals surface area contributed by atoms with E-state index in [-0.39, 0.29) is 12.8 Å². The summed E-state index contributed by atoms with van der Waals surface area (Å²) in [5, 5.41) is 0. The van der Waals surface area contributed by atoms with Crippen LogP contribution in [0.1, 0.15) is 17.5 Å². The van der Waals surface area contributed by atoms with Gasteiger partial charge in [0.25, 0.3) is 0 Å². The molecular weight excluding hydrogens is 208 g/mol. The molecule has 16 heavy (non-hydrogen) atoms. The number of hydrogen-bond donors (Lipinski definition) is 0. The lowest BCUT2D eigenvalue weighted by Gasteiger charge is -2.06. The molecule has 0 aromatic heterocycles. The number of hydrogen-bond acceptors (Lipinski definition) is 4. The standard InChI is InChI=1S/C12H14O4/c1-8-5-10-11(16-7-15-10)6-9(8)3-4-12(13)14-2/h5-6H,3-4,7H2,1-2H3. The van der Waals surface area contributed by atoms with Crippen molar-refractivity contribution in [1.82, 2.24) is 0 Å². The first-order valence-electron chi connectivity index (χ1n) is 5.16. The lowest BCUT2D eigenvalue weighted by atomic mass is 10.0. The Labute approximate surface area is 94.1 Å². The van der Waals surface area contributed by atoms with Crippen LogP contribution < -0.4 is 9.47 Å². The molecular formula is C12H14O4. The molecule has 1 aromatic rings. The molecule has 0 N–H and O–H groups in total. The van der Waals surface area contributed by atoms with Crippen molar-refractivity contribution in [2.45, 2.75) is 19.8 Å². The molecule has 4 nitrogen and oxygen atoms in total. The van der Waals surface area contributed by atoms with E-state index in [1.807, 2.05) is 19.1 Å². The van der Waals surface area contributed by atoms with E-state index in [0.29, 0.717) is 12.8 Å². The van der Waals surface area contributed by atoms with Crippen LogP contribution in [0.3, 0.4) is 0 Å². The Morgan fingerprint density at radius 2 is 2.06 bits per heavy atom. The second-order valence-corrected chi connectivity index (χ2v) is 3.71. The Kier molecular flexibility index (Phi) is 2.99. The Balaban J connectivity index is 2.12. The number of carbonyl (C=O) groups excluding carboxylic acids is 1. The highest BCUT2D eigenvalue weighted by Crippen LogP contribution is 2.34. The van der Waals surface area contributed by atoms with Crippen LogP contribution in [0, 0.1) is 6.92 Å². The third-order valence-electron chi connectivity index (χ3n) is 2.66. The number of methoxy groups -OCH3 is 1. The van der Waals surface area contributed by atoms with E-state index < -0.39 is 0 Å². The number of esters is 1. The molecule has 1 aliphatic rings. The SMILES string of the molecule is COC(=O)CCc1cc2c(cc1C)OCO2. The Hall–Kier alpha value is -1.71. The van der Waals surface area contributed by atoms with E-state index in [9.17, 15) is 4.79 Å². The van der Waals surface area contributed by atoms with Gasteiger partial charge in [-0.1, -0.05) is 0 Å². The molecule has 0 bridgehead atoms. The second-order valence-electron chi connectivity index (χ2n) is 3.71. The van der Waals surface area contributed by atoms with Crippen LogP contribution in [-0.4, -0.2) is 19.9 Å². The molecule has 0 atom stereocenters. The number of ether oxygens (including phenoxy) is 3. The molecule has 4 heteroatoms. The van der Waals surface area contributed by atoms with Crippen molar-refractivity contribution in [2.24, 2.45) is 0 Å². The van der Waals surface area contributed by atoms with Crippen LogP contribution in [0.15, 0.2) is 12.1 Å². The van der Waals surface area contributed by atoms with Crippen molar-refractivity contribution >= 4 is 5.97 Å². The van der Waals surface area contributed by atoms with Crippen LogP contribution in [0.2, 0.25) is 0 Å². The van der Waals surface area contributed by atoms with Crippen molar-refractivity contribution in [3.05, 3.63) is 23.3 Å². The first-order valence-corrected chi connectivity index (χ1v) is 5.16. The lowest BCUT2D eigenvalue weighted by molar-refractivity contribution is -0.140. The third-order valence-corrected chi connectivity index (χ3v) is 2.66. The zero-order valence-electron chi connectivity index (χ0n) is 9.41. The second kappa shape index (κ2) is 4.43. The Bertz CT molecular complexity index is 412. The van der Waals surface area contributed by atoms with Crippen LogP contribution in [0.5, 0.6) is 11.5 Å². The summed E-state index contributed by atoms with van der Waals surface area (Å²) >= 11 is 0. The van der Waals surface area contributed by atoms with Crippen LogP contribution in [0.4, 0.5) is 0 Å². The maximum absolute atomic E-state index is 11.1. The molecule has 86 valence electrons. The van der Waals surface area contributed by atoms with Gasteiger partial charge in [0.1, 0.15) is 0 Å². The summed E-state index contributed by atoms with van der Waals surface area (Å²) in [5.41, 5.74) is 2.20. The average molecular weight is 222 g/mol. The number of benzene rings is 1. The van der Waals surface area contributed by atoms with Gasteiger partial charge in [-0.25, -0.2) is 0 Å².